The third kappa shape index (κ3) is 3.68. The van der Waals surface area contributed by atoms with Crippen LogP contribution in [0.3, 0.4) is 0 Å². The van der Waals surface area contributed by atoms with Crippen LogP contribution < -0.4 is 5.32 Å². The number of nitrogens with zero attached hydrogens (tertiary/aromatic N) is 2. The van der Waals surface area contributed by atoms with Crippen LogP contribution in [0, 0.1) is 0 Å². The first kappa shape index (κ1) is 16.7. The summed E-state index contributed by atoms with van der Waals surface area (Å²) in [5.41, 5.74) is 0.00185. The molecule has 3 heterocycles. The summed E-state index contributed by atoms with van der Waals surface area (Å²) in [4.78, 5) is 41.3. The fraction of sp³-hybridized carbons (Fsp3) is 0.294. The van der Waals surface area contributed by atoms with Gasteiger partial charge in [0.15, 0.2) is 0 Å². The molecule has 3 rings (SSSR count). The normalized spacial score (nSPS) is 16.6. The maximum atomic E-state index is 12.7. The Morgan fingerprint density at radius 2 is 2.20 bits per heavy atom. The number of carboxylic acids is 1. The van der Waals surface area contributed by atoms with Crippen LogP contribution in [0.1, 0.15) is 39.4 Å². The molecule has 2 N–H and O–H groups in total. The Balaban J connectivity index is 1.70. The molecule has 8 heteroatoms. The molecule has 1 unspecified atom stereocenters. The number of nitrogens with one attached hydrogen (secondary N) is 1. The minimum atomic E-state index is -1.20. The van der Waals surface area contributed by atoms with Crippen molar-refractivity contribution >= 4 is 17.8 Å². The monoisotopic (exact) mass is 343 g/mol. The van der Waals surface area contributed by atoms with E-state index in [4.69, 9.17) is 9.52 Å². The first-order chi connectivity index (χ1) is 12.1. The van der Waals surface area contributed by atoms with Crippen molar-refractivity contribution < 1.29 is 23.9 Å². The predicted octanol–water partition coefficient (Wildman–Crippen LogP) is 1.29. The quantitative estimate of drug-likeness (QED) is 0.846. The van der Waals surface area contributed by atoms with Crippen molar-refractivity contribution in [1.82, 2.24) is 15.2 Å². The van der Waals surface area contributed by atoms with Crippen molar-refractivity contribution in [3.63, 3.8) is 0 Å². The minimum absolute atomic E-state index is 0.205. The second kappa shape index (κ2) is 7.16. The largest absolute Gasteiger partial charge is 0.477 e. The van der Waals surface area contributed by atoms with Crippen LogP contribution in [0.4, 0.5) is 0 Å². The first-order valence-corrected chi connectivity index (χ1v) is 7.86. The summed E-state index contributed by atoms with van der Waals surface area (Å²) in [5, 5.41) is 11.8. The zero-order valence-electron chi connectivity index (χ0n) is 13.3. The standard InChI is InChI=1S/C17H17N3O5/c21-15(19-10-12-3-2-8-25-12)14-4-1-7-20(14)16(22)11-5-6-18-13(9-11)17(23)24/h2-3,5-6,8-9,14H,1,4,7,10H2,(H,19,21)(H,23,24). The number of carboxylic acid groups (broad SMARTS) is 1. The van der Waals surface area contributed by atoms with Gasteiger partial charge in [0.1, 0.15) is 17.5 Å². The highest BCUT2D eigenvalue weighted by atomic mass is 16.4. The number of carbonyl (C=O) groups is 3. The number of rotatable bonds is 5. The van der Waals surface area contributed by atoms with Gasteiger partial charge < -0.3 is 19.7 Å². The van der Waals surface area contributed by atoms with E-state index in [1.807, 2.05) is 0 Å². The van der Waals surface area contributed by atoms with Crippen molar-refractivity contribution in [3.8, 4) is 0 Å². The lowest BCUT2D eigenvalue weighted by Gasteiger charge is -2.24. The van der Waals surface area contributed by atoms with E-state index in [-0.39, 0.29) is 29.6 Å². The average Bonchev–Trinajstić information content (AvgIpc) is 3.30. The summed E-state index contributed by atoms with van der Waals surface area (Å²) in [6, 6.07) is 5.58. The SMILES string of the molecule is O=C(O)c1cc(C(=O)N2CCCC2C(=O)NCc2ccco2)ccn1. The number of hydrogen-bond donors (Lipinski definition) is 2. The van der Waals surface area contributed by atoms with E-state index < -0.39 is 12.0 Å². The molecule has 2 aromatic rings. The Morgan fingerprint density at radius 1 is 1.36 bits per heavy atom. The van der Waals surface area contributed by atoms with Crippen molar-refractivity contribution in [2.24, 2.45) is 0 Å². The van der Waals surface area contributed by atoms with Gasteiger partial charge in [-0.05, 0) is 37.1 Å². The van der Waals surface area contributed by atoms with Gasteiger partial charge in [0.05, 0.1) is 12.8 Å². The fourth-order valence-corrected chi connectivity index (χ4v) is 2.83. The van der Waals surface area contributed by atoms with Gasteiger partial charge in [-0.1, -0.05) is 0 Å². The van der Waals surface area contributed by atoms with E-state index in [1.165, 1.54) is 29.5 Å². The molecular weight excluding hydrogens is 326 g/mol. The molecule has 25 heavy (non-hydrogen) atoms. The van der Waals surface area contributed by atoms with Gasteiger partial charge in [-0.2, -0.15) is 0 Å². The highest BCUT2D eigenvalue weighted by Crippen LogP contribution is 2.20. The maximum Gasteiger partial charge on any atom is 0.354 e. The van der Waals surface area contributed by atoms with Crippen LogP contribution in [-0.2, 0) is 11.3 Å². The van der Waals surface area contributed by atoms with Crippen LogP contribution in [0.15, 0.2) is 41.1 Å². The smallest absolute Gasteiger partial charge is 0.354 e. The summed E-state index contributed by atoms with van der Waals surface area (Å²) in [6.07, 6.45) is 4.07. The molecule has 2 amide bonds. The van der Waals surface area contributed by atoms with Gasteiger partial charge in [0.2, 0.25) is 5.91 Å². The van der Waals surface area contributed by atoms with E-state index in [2.05, 4.69) is 10.3 Å². The highest BCUT2D eigenvalue weighted by molar-refractivity contribution is 5.99. The van der Waals surface area contributed by atoms with Crippen LogP contribution in [0.2, 0.25) is 0 Å². The lowest BCUT2D eigenvalue weighted by atomic mass is 10.1. The first-order valence-electron chi connectivity index (χ1n) is 7.86. The number of pyridine rings is 1. The molecule has 2 aromatic heterocycles. The molecule has 1 fully saturated rings. The zero-order chi connectivity index (χ0) is 17.8. The predicted molar refractivity (Wildman–Crippen MR) is 85.8 cm³/mol. The van der Waals surface area contributed by atoms with Gasteiger partial charge in [-0.3, -0.25) is 9.59 Å². The zero-order valence-corrected chi connectivity index (χ0v) is 13.3. The summed E-state index contributed by atoms with van der Waals surface area (Å²) in [6.45, 7) is 0.700. The molecule has 1 atom stereocenters. The summed E-state index contributed by atoms with van der Waals surface area (Å²) >= 11 is 0. The second-order valence-corrected chi connectivity index (χ2v) is 5.69. The molecule has 1 aliphatic heterocycles. The fourth-order valence-electron chi connectivity index (χ4n) is 2.83. The van der Waals surface area contributed by atoms with Gasteiger partial charge in [0, 0.05) is 18.3 Å². The molecule has 0 saturated carbocycles. The van der Waals surface area contributed by atoms with Crippen LogP contribution >= 0.6 is 0 Å². The lowest BCUT2D eigenvalue weighted by molar-refractivity contribution is -0.125. The number of aromatic carboxylic acids is 1. The molecule has 0 spiro atoms. The van der Waals surface area contributed by atoms with E-state index in [1.54, 1.807) is 12.1 Å². The Labute approximate surface area is 143 Å². The number of amides is 2. The summed E-state index contributed by atoms with van der Waals surface area (Å²) < 4.78 is 5.17. The molecule has 130 valence electrons. The van der Waals surface area contributed by atoms with Gasteiger partial charge in [0.25, 0.3) is 5.91 Å². The Bertz CT molecular complexity index is 787. The van der Waals surface area contributed by atoms with E-state index in [0.29, 0.717) is 25.1 Å². The second-order valence-electron chi connectivity index (χ2n) is 5.69. The number of furan rings is 1. The van der Waals surface area contributed by atoms with Crippen molar-refractivity contribution in [1.29, 1.82) is 0 Å². The molecule has 1 aliphatic rings. The summed E-state index contributed by atoms with van der Waals surface area (Å²) in [7, 11) is 0. The molecule has 0 radical (unpaired) electrons. The molecule has 8 nitrogen and oxygen atoms in total. The Hall–Kier alpha value is -3.16. The minimum Gasteiger partial charge on any atom is -0.477 e. The van der Waals surface area contributed by atoms with E-state index >= 15 is 0 Å². The van der Waals surface area contributed by atoms with Crippen molar-refractivity contribution in [2.75, 3.05) is 6.54 Å². The van der Waals surface area contributed by atoms with Crippen LogP contribution in [0.5, 0.6) is 0 Å². The highest BCUT2D eigenvalue weighted by Gasteiger charge is 2.34. The average molecular weight is 343 g/mol. The molecule has 1 saturated heterocycles. The lowest BCUT2D eigenvalue weighted by Crippen LogP contribution is -2.45. The van der Waals surface area contributed by atoms with Crippen LogP contribution in [-0.4, -0.2) is 45.4 Å². The van der Waals surface area contributed by atoms with Gasteiger partial charge in [-0.25, -0.2) is 9.78 Å². The third-order valence-electron chi connectivity index (χ3n) is 4.06. The topological polar surface area (TPSA) is 113 Å². The maximum absolute atomic E-state index is 12.7. The van der Waals surface area contributed by atoms with E-state index in [9.17, 15) is 14.4 Å². The molecule has 0 aliphatic carbocycles. The molecule has 0 aromatic carbocycles. The van der Waals surface area contributed by atoms with E-state index in [0.717, 1.165) is 0 Å². The number of hydrogen-bond acceptors (Lipinski definition) is 5. The Morgan fingerprint density at radius 3 is 2.92 bits per heavy atom. The number of likely N-dealkylation sites (tertiary alicyclic amines) is 1. The number of aromatic nitrogens is 1. The Kier molecular flexibility index (Phi) is 4.78. The van der Waals surface area contributed by atoms with Crippen molar-refractivity contribution in [3.05, 3.63) is 53.7 Å². The third-order valence-corrected chi connectivity index (χ3v) is 4.06. The van der Waals surface area contributed by atoms with Crippen LogP contribution in [0.25, 0.3) is 0 Å². The van der Waals surface area contributed by atoms with Gasteiger partial charge >= 0.3 is 5.97 Å². The number of carbonyl (C=O) groups excluding carboxylic acids is 2. The summed E-state index contributed by atoms with van der Waals surface area (Å²) in [5.74, 6) is -1.21. The molecule has 0 bridgehead atoms. The van der Waals surface area contributed by atoms with Crippen molar-refractivity contribution in [2.45, 2.75) is 25.4 Å². The van der Waals surface area contributed by atoms with Gasteiger partial charge in [-0.15, -0.1) is 0 Å². The molecular formula is C17H17N3O5.